The van der Waals surface area contributed by atoms with E-state index in [1.54, 1.807) is 17.0 Å². The van der Waals surface area contributed by atoms with Crippen molar-refractivity contribution in [3.63, 3.8) is 0 Å². The molecule has 0 N–H and O–H groups in total. The number of hydrogen-bond acceptors (Lipinski definition) is 3. The number of hydrogen-bond donors (Lipinski definition) is 0. The highest BCUT2D eigenvalue weighted by Crippen LogP contribution is 2.24. The van der Waals surface area contributed by atoms with Crippen molar-refractivity contribution < 1.29 is 14.3 Å². The maximum Gasteiger partial charge on any atom is 0.310 e. The molecule has 5 heteroatoms. The predicted octanol–water partition coefficient (Wildman–Crippen LogP) is 2.68. The zero-order valence-electron chi connectivity index (χ0n) is 12.3. The lowest BCUT2D eigenvalue weighted by Crippen LogP contribution is -2.48. The van der Waals surface area contributed by atoms with Gasteiger partial charge in [0.05, 0.1) is 19.4 Å². The van der Waals surface area contributed by atoms with E-state index in [1.807, 2.05) is 19.1 Å². The summed E-state index contributed by atoms with van der Waals surface area (Å²) in [6.07, 6.45) is 1.90. The molecule has 21 heavy (non-hydrogen) atoms. The van der Waals surface area contributed by atoms with Gasteiger partial charge in [0, 0.05) is 17.6 Å². The number of ether oxygens (including phenoxy) is 1. The van der Waals surface area contributed by atoms with Crippen molar-refractivity contribution in [2.75, 3.05) is 13.7 Å². The third-order valence-corrected chi connectivity index (χ3v) is 4.22. The van der Waals surface area contributed by atoms with Gasteiger partial charge in [-0.25, -0.2) is 0 Å². The Bertz CT molecular complexity index is 532. The third-order valence-electron chi connectivity index (χ3n) is 3.98. The van der Waals surface area contributed by atoms with Gasteiger partial charge < -0.3 is 9.64 Å². The molecule has 1 amide bonds. The van der Waals surface area contributed by atoms with Crippen LogP contribution in [-0.2, 0) is 20.7 Å². The van der Waals surface area contributed by atoms with Gasteiger partial charge in [0.15, 0.2) is 0 Å². The van der Waals surface area contributed by atoms with E-state index in [9.17, 15) is 9.59 Å². The highest BCUT2D eigenvalue weighted by Gasteiger charge is 2.32. The molecule has 0 bridgehead atoms. The monoisotopic (exact) mass is 309 g/mol. The Hall–Kier alpha value is -1.55. The Kier molecular flexibility index (Phi) is 5.23. The fraction of sp³-hybridized carbons (Fsp3) is 0.500. The van der Waals surface area contributed by atoms with E-state index in [1.165, 1.54) is 7.11 Å². The third kappa shape index (κ3) is 3.97. The molecular formula is C16H20ClNO3. The van der Waals surface area contributed by atoms with Crippen molar-refractivity contribution in [3.05, 3.63) is 34.9 Å². The molecule has 0 radical (unpaired) electrons. The largest absolute Gasteiger partial charge is 0.469 e. The molecule has 1 aromatic carbocycles. The van der Waals surface area contributed by atoms with Crippen LogP contribution in [0.15, 0.2) is 24.3 Å². The number of carbonyl (C=O) groups is 2. The molecule has 1 heterocycles. The molecule has 114 valence electrons. The zero-order valence-corrected chi connectivity index (χ0v) is 13.1. The van der Waals surface area contributed by atoms with E-state index < -0.39 is 0 Å². The number of rotatable bonds is 3. The summed E-state index contributed by atoms with van der Waals surface area (Å²) >= 11 is 5.94. The Balaban J connectivity index is 2.04. The van der Waals surface area contributed by atoms with Crippen LogP contribution < -0.4 is 0 Å². The van der Waals surface area contributed by atoms with Crippen molar-refractivity contribution in [1.82, 2.24) is 4.90 Å². The van der Waals surface area contributed by atoms with E-state index in [4.69, 9.17) is 16.3 Å². The van der Waals surface area contributed by atoms with Crippen LogP contribution in [0.1, 0.15) is 25.3 Å². The van der Waals surface area contributed by atoms with Crippen LogP contribution in [0, 0.1) is 5.92 Å². The van der Waals surface area contributed by atoms with Gasteiger partial charge in [-0.3, -0.25) is 9.59 Å². The highest BCUT2D eigenvalue weighted by molar-refractivity contribution is 6.30. The molecule has 0 saturated carbocycles. The molecule has 0 spiro atoms. The highest BCUT2D eigenvalue weighted by atomic mass is 35.5. The topological polar surface area (TPSA) is 46.6 Å². The van der Waals surface area contributed by atoms with Gasteiger partial charge >= 0.3 is 5.97 Å². The first-order valence-electron chi connectivity index (χ1n) is 7.13. The van der Waals surface area contributed by atoms with E-state index in [0.717, 1.165) is 18.4 Å². The van der Waals surface area contributed by atoms with Gasteiger partial charge in [0.1, 0.15) is 0 Å². The van der Waals surface area contributed by atoms with Crippen molar-refractivity contribution in [1.29, 1.82) is 0 Å². The number of halogens is 1. The second-order valence-electron chi connectivity index (χ2n) is 5.50. The lowest BCUT2D eigenvalue weighted by molar-refractivity contribution is -0.150. The first-order valence-corrected chi connectivity index (χ1v) is 7.50. The number of methoxy groups -OCH3 is 1. The number of likely N-dealkylation sites (tertiary alicyclic amines) is 1. The fourth-order valence-electron chi connectivity index (χ4n) is 2.74. The molecule has 1 aliphatic rings. The van der Waals surface area contributed by atoms with E-state index in [2.05, 4.69) is 0 Å². The molecule has 4 nitrogen and oxygen atoms in total. The standard InChI is InChI=1S/C16H20ClNO3/c1-11-6-7-13(16(20)21-2)10-18(11)15(19)9-12-4-3-5-14(17)8-12/h3-5,8,11,13H,6-7,9-10H2,1-2H3/t11-,13+/m0/s1. The first-order chi connectivity index (χ1) is 10.0. The van der Waals surface area contributed by atoms with Crippen molar-refractivity contribution in [2.24, 2.45) is 5.92 Å². The Morgan fingerprint density at radius 3 is 2.81 bits per heavy atom. The lowest BCUT2D eigenvalue weighted by atomic mass is 9.93. The van der Waals surface area contributed by atoms with E-state index >= 15 is 0 Å². The zero-order chi connectivity index (χ0) is 15.4. The molecule has 1 saturated heterocycles. The average molecular weight is 310 g/mol. The summed E-state index contributed by atoms with van der Waals surface area (Å²) in [7, 11) is 1.39. The number of esters is 1. The minimum atomic E-state index is -0.234. The fourth-order valence-corrected chi connectivity index (χ4v) is 2.95. The van der Waals surface area contributed by atoms with Crippen LogP contribution in [0.5, 0.6) is 0 Å². The predicted molar refractivity (Wildman–Crippen MR) is 81.1 cm³/mol. The van der Waals surface area contributed by atoms with Crippen LogP contribution in [0.4, 0.5) is 0 Å². The van der Waals surface area contributed by atoms with Crippen LogP contribution in [-0.4, -0.2) is 36.5 Å². The van der Waals surface area contributed by atoms with Crippen molar-refractivity contribution in [3.8, 4) is 0 Å². The molecule has 1 aliphatic heterocycles. The van der Waals surface area contributed by atoms with Crippen LogP contribution in [0.3, 0.4) is 0 Å². The van der Waals surface area contributed by atoms with Crippen molar-refractivity contribution in [2.45, 2.75) is 32.2 Å². The molecule has 2 rings (SSSR count). The number of benzene rings is 1. The molecule has 1 fully saturated rings. The van der Waals surface area contributed by atoms with Crippen LogP contribution in [0.25, 0.3) is 0 Å². The van der Waals surface area contributed by atoms with Crippen LogP contribution in [0.2, 0.25) is 5.02 Å². The summed E-state index contributed by atoms with van der Waals surface area (Å²) in [5, 5.41) is 0.624. The summed E-state index contributed by atoms with van der Waals surface area (Å²) < 4.78 is 4.79. The van der Waals surface area contributed by atoms with Gasteiger partial charge in [-0.05, 0) is 37.5 Å². The average Bonchev–Trinajstić information content (AvgIpc) is 2.46. The molecule has 2 atom stereocenters. The summed E-state index contributed by atoms with van der Waals surface area (Å²) in [5.74, 6) is -0.421. The van der Waals surface area contributed by atoms with E-state index in [-0.39, 0.29) is 23.8 Å². The number of carbonyl (C=O) groups excluding carboxylic acids is 2. The van der Waals surface area contributed by atoms with Crippen LogP contribution >= 0.6 is 11.6 Å². The van der Waals surface area contributed by atoms with Gasteiger partial charge in [-0.1, -0.05) is 23.7 Å². The molecule has 0 aliphatic carbocycles. The first kappa shape index (κ1) is 15.8. The van der Waals surface area contributed by atoms with Gasteiger partial charge in [0.2, 0.25) is 5.91 Å². The minimum Gasteiger partial charge on any atom is -0.469 e. The number of piperidine rings is 1. The summed E-state index contributed by atoms with van der Waals surface area (Å²) in [6.45, 7) is 2.45. The summed E-state index contributed by atoms with van der Waals surface area (Å²) in [6, 6.07) is 7.45. The van der Waals surface area contributed by atoms with Crippen molar-refractivity contribution >= 4 is 23.5 Å². The lowest BCUT2D eigenvalue weighted by Gasteiger charge is -2.37. The number of amides is 1. The molecule has 0 aromatic heterocycles. The summed E-state index contributed by atoms with van der Waals surface area (Å²) in [5.41, 5.74) is 0.889. The van der Waals surface area contributed by atoms with Gasteiger partial charge in [0.25, 0.3) is 0 Å². The molecule has 1 aromatic rings. The minimum absolute atomic E-state index is 0.0263. The van der Waals surface area contributed by atoms with Gasteiger partial charge in [-0.15, -0.1) is 0 Å². The maximum atomic E-state index is 12.5. The second-order valence-corrected chi connectivity index (χ2v) is 5.94. The Morgan fingerprint density at radius 2 is 2.14 bits per heavy atom. The normalized spacial score (nSPS) is 22.0. The second kappa shape index (κ2) is 6.94. The van der Waals surface area contributed by atoms with Gasteiger partial charge in [-0.2, -0.15) is 0 Å². The summed E-state index contributed by atoms with van der Waals surface area (Å²) in [4.78, 5) is 25.9. The Morgan fingerprint density at radius 1 is 1.38 bits per heavy atom. The SMILES string of the molecule is COC(=O)[C@@H]1CC[C@H](C)N(C(=O)Cc2cccc(Cl)c2)C1. The molecule has 0 unspecified atom stereocenters. The Labute approximate surface area is 130 Å². The smallest absolute Gasteiger partial charge is 0.310 e. The van der Waals surface area contributed by atoms with E-state index in [0.29, 0.717) is 18.0 Å². The maximum absolute atomic E-state index is 12.5. The molecular weight excluding hydrogens is 290 g/mol. The number of nitrogens with zero attached hydrogens (tertiary/aromatic N) is 1. The quantitative estimate of drug-likeness (QED) is 0.807.